The van der Waals surface area contributed by atoms with Gasteiger partial charge in [0.15, 0.2) is 0 Å². The number of halogens is 3. The Kier molecular flexibility index (Phi) is 26.1. The van der Waals surface area contributed by atoms with Crippen LogP contribution in [0.3, 0.4) is 0 Å². The van der Waals surface area contributed by atoms with Crippen LogP contribution in [0.1, 0.15) is 13.8 Å². The first-order valence-electron chi connectivity index (χ1n) is 2.65. The fourth-order valence-electron chi connectivity index (χ4n) is 0.204. The van der Waals surface area contributed by atoms with E-state index in [2.05, 4.69) is 0 Å². The summed E-state index contributed by atoms with van der Waals surface area (Å²) >= 11 is 0. The fourth-order valence-corrected chi connectivity index (χ4v) is 0.204. The molecule has 0 aromatic rings. The first kappa shape index (κ1) is 16.4. The van der Waals surface area contributed by atoms with Crippen LogP contribution in [0.2, 0.25) is 0 Å². The summed E-state index contributed by atoms with van der Waals surface area (Å²) in [5, 5.41) is 0. The maximum absolute atomic E-state index is 9.67. The molecule has 10 heavy (non-hydrogen) atoms. The second kappa shape index (κ2) is 15.9. The van der Waals surface area contributed by atoms with Crippen LogP contribution in [0.5, 0.6) is 0 Å². The van der Waals surface area contributed by atoms with Crippen LogP contribution in [0.15, 0.2) is 0 Å². The zero-order valence-corrected chi connectivity index (χ0v) is 5.53. The smallest absolute Gasteiger partial charge is 0.379 e. The van der Waals surface area contributed by atoms with Crippen LogP contribution in [-0.4, -0.2) is 28.3 Å². The summed E-state index contributed by atoms with van der Waals surface area (Å²) in [7, 11) is 0. The normalized spacial score (nSPS) is 7.80. The van der Waals surface area contributed by atoms with Gasteiger partial charge in [0.2, 0.25) is 0 Å². The third-order valence-corrected chi connectivity index (χ3v) is 0.408. The average Bonchev–Trinajstić information content (AvgIpc) is 1.66. The van der Waals surface area contributed by atoms with Crippen molar-refractivity contribution in [2.75, 3.05) is 13.2 Å². The molecule has 0 bridgehead atoms. The number of rotatable bonds is 2. The lowest BCUT2D eigenvalue weighted by molar-refractivity contribution is 0.00819. The molecule has 0 spiro atoms. The average molecular weight is 158 g/mol. The molecular formula is C5H14BF3O. The van der Waals surface area contributed by atoms with Crippen molar-refractivity contribution in [2.45, 2.75) is 20.5 Å². The van der Waals surface area contributed by atoms with Gasteiger partial charge in [-0.2, -0.15) is 13.2 Å². The third-order valence-electron chi connectivity index (χ3n) is 0.408. The van der Waals surface area contributed by atoms with E-state index in [1.165, 1.54) is 0 Å². The Morgan fingerprint density at radius 1 is 1.10 bits per heavy atom. The third kappa shape index (κ3) is 110. The molecule has 0 radical (unpaired) electrons. The van der Waals surface area contributed by atoms with Crippen LogP contribution in [-0.2, 0) is 4.74 Å². The lowest BCUT2D eigenvalue weighted by atomic mass is 10.8. The van der Waals surface area contributed by atoms with Gasteiger partial charge in [0, 0.05) is 13.2 Å². The summed E-state index contributed by atoms with van der Waals surface area (Å²) in [6.07, 6.45) is 0. The second-order valence-electron chi connectivity index (χ2n) is 1.03. The highest BCUT2D eigenvalue weighted by Gasteiger charge is 1.86. The molecule has 0 aliphatic heterocycles. The predicted octanol–water partition coefficient (Wildman–Crippen LogP) is 1.04. The zero-order valence-electron chi connectivity index (χ0n) is 5.53. The van der Waals surface area contributed by atoms with E-state index in [0.717, 1.165) is 13.2 Å². The van der Waals surface area contributed by atoms with Gasteiger partial charge in [0.25, 0.3) is 0 Å². The highest BCUT2D eigenvalue weighted by atomic mass is 19.4. The Labute approximate surface area is 61.1 Å². The summed E-state index contributed by atoms with van der Waals surface area (Å²) in [6.45, 7) is 2.00. The van der Waals surface area contributed by atoms with Crippen LogP contribution in [0.4, 0.5) is 13.2 Å². The Morgan fingerprint density at radius 3 is 1.30 bits per heavy atom. The van der Waals surface area contributed by atoms with E-state index >= 15 is 0 Å². The molecular weight excluding hydrogens is 144 g/mol. The Hall–Kier alpha value is -0.185. The molecule has 0 amide bonds. The first-order valence-corrected chi connectivity index (χ1v) is 2.65. The minimum absolute atomic E-state index is 0. The van der Waals surface area contributed by atoms with Gasteiger partial charge in [-0.3, -0.25) is 0 Å². The van der Waals surface area contributed by atoms with E-state index < -0.39 is 6.68 Å². The Balaban J connectivity index is -0.0000000910. The molecule has 0 N–H and O–H groups in total. The van der Waals surface area contributed by atoms with E-state index in [1.807, 2.05) is 13.8 Å². The molecule has 0 heterocycles. The molecule has 0 aliphatic rings. The van der Waals surface area contributed by atoms with Crippen molar-refractivity contribution in [1.82, 2.24) is 0 Å². The van der Waals surface area contributed by atoms with Crippen LogP contribution in [0, 0.1) is 0 Å². The largest absolute Gasteiger partial charge is 0.382 e. The van der Waals surface area contributed by atoms with E-state index in [9.17, 15) is 13.2 Å². The van der Waals surface area contributed by atoms with E-state index in [-0.39, 0.29) is 8.41 Å². The molecule has 0 unspecified atom stereocenters. The summed E-state index contributed by atoms with van der Waals surface area (Å²) in [5.74, 6) is 0. The van der Waals surface area contributed by atoms with Crippen molar-refractivity contribution < 1.29 is 17.9 Å². The fraction of sp³-hybridized carbons (Fsp3) is 1.00. The monoisotopic (exact) mass is 158 g/mol. The quantitative estimate of drug-likeness (QED) is 0.545. The highest BCUT2D eigenvalue weighted by Crippen LogP contribution is 1.87. The standard InChI is InChI=1S/C4H10O.CHF3.BH3/c1-3-5-4-2;2-1(3)4;/h3-4H2,1-2H3;1H;1H3. The van der Waals surface area contributed by atoms with Crippen LogP contribution in [0.25, 0.3) is 0 Å². The molecule has 0 rings (SSSR count). The number of ether oxygens (including phenoxy) is 1. The number of hydrogen-bond acceptors (Lipinski definition) is 1. The molecule has 0 saturated carbocycles. The van der Waals surface area contributed by atoms with Crippen molar-refractivity contribution in [1.29, 1.82) is 0 Å². The van der Waals surface area contributed by atoms with Crippen LogP contribution >= 0.6 is 0 Å². The van der Waals surface area contributed by atoms with Gasteiger partial charge in [0.1, 0.15) is 0 Å². The topological polar surface area (TPSA) is 9.23 Å². The molecule has 0 saturated heterocycles. The minimum atomic E-state index is -3.67. The number of alkyl halides is 3. The van der Waals surface area contributed by atoms with Gasteiger partial charge in [-0.25, -0.2) is 0 Å². The zero-order chi connectivity index (χ0) is 7.70. The molecule has 0 aliphatic carbocycles. The van der Waals surface area contributed by atoms with Crippen molar-refractivity contribution in [3.05, 3.63) is 0 Å². The number of hydrogen-bond donors (Lipinski definition) is 0. The molecule has 0 fully saturated rings. The van der Waals surface area contributed by atoms with Gasteiger partial charge >= 0.3 is 6.68 Å². The lowest BCUT2D eigenvalue weighted by Gasteiger charge is -1.86. The molecule has 0 aromatic carbocycles. The summed E-state index contributed by atoms with van der Waals surface area (Å²) in [6, 6.07) is 0. The second-order valence-corrected chi connectivity index (χ2v) is 1.03. The SMILES string of the molecule is B.CCOCC.FC(F)F. The van der Waals surface area contributed by atoms with Gasteiger partial charge in [-0.15, -0.1) is 0 Å². The van der Waals surface area contributed by atoms with Crippen molar-refractivity contribution in [2.24, 2.45) is 0 Å². The maximum Gasteiger partial charge on any atom is 0.379 e. The van der Waals surface area contributed by atoms with Gasteiger partial charge in [-0.05, 0) is 13.8 Å². The Bertz CT molecular complexity index is 41.1. The summed E-state index contributed by atoms with van der Waals surface area (Å²) in [5.41, 5.74) is 0. The van der Waals surface area contributed by atoms with E-state index in [1.54, 1.807) is 0 Å². The summed E-state index contributed by atoms with van der Waals surface area (Å²) < 4.78 is 33.8. The van der Waals surface area contributed by atoms with E-state index in [0.29, 0.717) is 0 Å². The minimum Gasteiger partial charge on any atom is -0.382 e. The summed E-state index contributed by atoms with van der Waals surface area (Å²) in [4.78, 5) is 0. The van der Waals surface area contributed by atoms with E-state index in [4.69, 9.17) is 4.74 Å². The van der Waals surface area contributed by atoms with Gasteiger partial charge in [-0.1, -0.05) is 0 Å². The van der Waals surface area contributed by atoms with Gasteiger partial charge < -0.3 is 4.74 Å². The first-order chi connectivity index (χ1) is 4.15. The highest BCUT2D eigenvalue weighted by molar-refractivity contribution is 5.75. The van der Waals surface area contributed by atoms with Crippen molar-refractivity contribution >= 4 is 8.41 Å². The molecule has 5 heteroatoms. The molecule has 1 nitrogen and oxygen atoms in total. The lowest BCUT2D eigenvalue weighted by Crippen LogP contribution is -1.84. The molecule has 64 valence electrons. The Morgan fingerprint density at radius 2 is 1.30 bits per heavy atom. The maximum atomic E-state index is 9.67. The molecule has 0 aromatic heterocycles. The van der Waals surface area contributed by atoms with Crippen molar-refractivity contribution in [3.63, 3.8) is 0 Å². The van der Waals surface area contributed by atoms with Gasteiger partial charge in [0.05, 0.1) is 8.41 Å². The predicted molar refractivity (Wildman–Crippen MR) is 39.2 cm³/mol. The van der Waals surface area contributed by atoms with Crippen LogP contribution < -0.4 is 0 Å². The molecule has 0 atom stereocenters. The van der Waals surface area contributed by atoms with Crippen molar-refractivity contribution in [3.8, 4) is 0 Å².